The van der Waals surface area contributed by atoms with Crippen molar-refractivity contribution in [1.29, 1.82) is 0 Å². The van der Waals surface area contributed by atoms with Gasteiger partial charge in [0, 0.05) is 0 Å². The van der Waals surface area contributed by atoms with E-state index in [0.29, 0.717) is 11.1 Å². The van der Waals surface area contributed by atoms with Crippen LogP contribution in [-0.2, 0) is 9.59 Å². The minimum Gasteiger partial charge on any atom is -0.361 e. The van der Waals surface area contributed by atoms with E-state index in [1.807, 2.05) is 0 Å². The Hall–Kier alpha value is -2.76. The van der Waals surface area contributed by atoms with Crippen LogP contribution in [0.5, 0.6) is 0 Å². The number of hydrogen-bond acceptors (Lipinski definition) is 2. The Labute approximate surface area is 138 Å². The van der Waals surface area contributed by atoms with E-state index >= 15 is 0 Å². The van der Waals surface area contributed by atoms with Crippen LogP contribution in [0.15, 0.2) is 48.5 Å². The molecule has 0 saturated heterocycles. The molecule has 2 rings (SSSR count). The summed E-state index contributed by atoms with van der Waals surface area (Å²) in [6, 6.07) is 10.2. The fourth-order valence-corrected chi connectivity index (χ4v) is 2.62. The van der Waals surface area contributed by atoms with Gasteiger partial charge in [-0.1, -0.05) is 24.3 Å². The number of rotatable bonds is 4. The molecule has 0 spiro atoms. The molecule has 0 bridgehead atoms. The lowest BCUT2D eigenvalue weighted by Gasteiger charge is -2.34. The Kier molecular flexibility index (Phi) is 5.28. The normalized spacial score (nSPS) is 13.2. The number of amides is 2. The van der Waals surface area contributed by atoms with Crippen molar-refractivity contribution in [3.05, 3.63) is 71.3 Å². The maximum atomic E-state index is 13.1. The van der Waals surface area contributed by atoms with Gasteiger partial charge in [0.15, 0.2) is 0 Å². The first-order valence-electron chi connectivity index (χ1n) is 7.44. The van der Waals surface area contributed by atoms with Crippen LogP contribution < -0.4 is 5.73 Å². The monoisotopic (exact) mass is 332 g/mol. The highest BCUT2D eigenvalue weighted by molar-refractivity contribution is 6.34. The standard InChI is InChI=1S/C18H18F2N2O2/c1-11(13-3-7-15(19)8-4-13)22(18(24)17(21)23)12(2)14-5-9-16(20)10-6-14/h3-12H,1-2H3,(H2,21,23). The van der Waals surface area contributed by atoms with Crippen molar-refractivity contribution < 1.29 is 18.4 Å². The highest BCUT2D eigenvalue weighted by Gasteiger charge is 2.30. The predicted molar refractivity (Wildman–Crippen MR) is 85.7 cm³/mol. The van der Waals surface area contributed by atoms with Gasteiger partial charge in [0.25, 0.3) is 0 Å². The lowest BCUT2D eigenvalue weighted by molar-refractivity contribution is -0.147. The van der Waals surface area contributed by atoms with E-state index in [1.54, 1.807) is 38.1 Å². The summed E-state index contributed by atoms with van der Waals surface area (Å²) in [5.41, 5.74) is 6.47. The van der Waals surface area contributed by atoms with Crippen LogP contribution in [0, 0.1) is 11.6 Å². The molecule has 2 atom stereocenters. The minimum atomic E-state index is -1.09. The summed E-state index contributed by atoms with van der Waals surface area (Å²) in [6.07, 6.45) is 0. The van der Waals surface area contributed by atoms with Gasteiger partial charge in [-0.2, -0.15) is 0 Å². The first kappa shape index (κ1) is 17.6. The molecule has 2 aromatic rings. The zero-order valence-electron chi connectivity index (χ0n) is 13.4. The number of primary amides is 1. The van der Waals surface area contributed by atoms with Gasteiger partial charge in [0.1, 0.15) is 11.6 Å². The highest BCUT2D eigenvalue weighted by atomic mass is 19.1. The largest absolute Gasteiger partial charge is 0.361 e. The van der Waals surface area contributed by atoms with Crippen molar-refractivity contribution in [3.8, 4) is 0 Å². The molecule has 0 saturated carbocycles. The molecule has 4 nitrogen and oxygen atoms in total. The summed E-state index contributed by atoms with van der Waals surface area (Å²) >= 11 is 0. The Balaban J connectivity index is 2.40. The van der Waals surface area contributed by atoms with Crippen LogP contribution in [0.3, 0.4) is 0 Å². The smallest absolute Gasteiger partial charge is 0.312 e. The average Bonchev–Trinajstić information content (AvgIpc) is 2.55. The van der Waals surface area contributed by atoms with Crippen molar-refractivity contribution in [2.75, 3.05) is 0 Å². The van der Waals surface area contributed by atoms with Crippen molar-refractivity contribution in [1.82, 2.24) is 4.90 Å². The summed E-state index contributed by atoms with van der Waals surface area (Å²) in [5.74, 6) is -2.74. The lowest BCUT2D eigenvalue weighted by atomic mass is 10.0. The van der Waals surface area contributed by atoms with Gasteiger partial charge >= 0.3 is 11.8 Å². The van der Waals surface area contributed by atoms with E-state index in [2.05, 4.69) is 0 Å². The zero-order valence-corrected chi connectivity index (χ0v) is 13.4. The van der Waals surface area contributed by atoms with Crippen LogP contribution in [-0.4, -0.2) is 16.7 Å². The molecule has 2 amide bonds. The van der Waals surface area contributed by atoms with Gasteiger partial charge in [-0.05, 0) is 49.2 Å². The van der Waals surface area contributed by atoms with E-state index < -0.39 is 35.5 Å². The summed E-state index contributed by atoms with van der Waals surface area (Å²) in [6.45, 7) is 3.43. The van der Waals surface area contributed by atoms with E-state index in [4.69, 9.17) is 5.73 Å². The van der Waals surface area contributed by atoms with E-state index in [-0.39, 0.29) is 0 Å². The van der Waals surface area contributed by atoms with E-state index in [0.717, 1.165) is 0 Å². The van der Waals surface area contributed by atoms with Gasteiger partial charge in [0.05, 0.1) is 12.1 Å². The second-order valence-electron chi connectivity index (χ2n) is 5.53. The molecule has 0 heterocycles. The highest BCUT2D eigenvalue weighted by Crippen LogP contribution is 2.30. The third kappa shape index (κ3) is 3.76. The molecule has 0 aliphatic heterocycles. The lowest BCUT2D eigenvalue weighted by Crippen LogP contribution is -2.43. The van der Waals surface area contributed by atoms with Gasteiger partial charge in [-0.25, -0.2) is 8.78 Å². The van der Waals surface area contributed by atoms with Crippen molar-refractivity contribution in [2.24, 2.45) is 5.73 Å². The maximum absolute atomic E-state index is 13.1. The maximum Gasteiger partial charge on any atom is 0.312 e. The number of carbonyl (C=O) groups excluding carboxylic acids is 2. The van der Waals surface area contributed by atoms with Gasteiger partial charge in [-0.3, -0.25) is 9.59 Å². The van der Waals surface area contributed by atoms with Crippen LogP contribution in [0.25, 0.3) is 0 Å². The summed E-state index contributed by atoms with van der Waals surface area (Å²) in [7, 11) is 0. The van der Waals surface area contributed by atoms with Crippen LogP contribution in [0.2, 0.25) is 0 Å². The van der Waals surface area contributed by atoms with Crippen molar-refractivity contribution >= 4 is 11.8 Å². The molecule has 126 valence electrons. The van der Waals surface area contributed by atoms with Crippen LogP contribution in [0.4, 0.5) is 8.78 Å². The van der Waals surface area contributed by atoms with Crippen LogP contribution >= 0.6 is 0 Å². The van der Waals surface area contributed by atoms with Gasteiger partial charge in [-0.15, -0.1) is 0 Å². The number of hydrogen-bond donors (Lipinski definition) is 1. The number of carbonyl (C=O) groups is 2. The molecule has 0 radical (unpaired) electrons. The SMILES string of the molecule is CC(c1ccc(F)cc1)N(C(=O)C(N)=O)C(C)c1ccc(F)cc1. The van der Waals surface area contributed by atoms with Gasteiger partial charge in [0.2, 0.25) is 0 Å². The molecule has 0 aliphatic carbocycles. The van der Waals surface area contributed by atoms with E-state index in [1.165, 1.54) is 29.2 Å². The van der Waals surface area contributed by atoms with Crippen LogP contribution in [0.1, 0.15) is 37.1 Å². The molecule has 6 heteroatoms. The van der Waals surface area contributed by atoms with Crippen molar-refractivity contribution in [3.63, 3.8) is 0 Å². The molecular formula is C18H18F2N2O2. The number of nitrogens with two attached hydrogens (primary N) is 1. The number of nitrogens with zero attached hydrogens (tertiary/aromatic N) is 1. The first-order valence-corrected chi connectivity index (χ1v) is 7.44. The molecule has 0 fully saturated rings. The zero-order chi connectivity index (χ0) is 17.9. The van der Waals surface area contributed by atoms with Crippen molar-refractivity contribution in [2.45, 2.75) is 25.9 Å². The minimum absolute atomic E-state index is 0.398. The topological polar surface area (TPSA) is 63.4 Å². The second kappa shape index (κ2) is 7.21. The molecule has 2 aromatic carbocycles. The molecular weight excluding hydrogens is 314 g/mol. The molecule has 2 unspecified atom stereocenters. The summed E-state index contributed by atoms with van der Waals surface area (Å²) < 4.78 is 26.2. The Morgan fingerprint density at radius 1 is 0.833 bits per heavy atom. The fourth-order valence-electron chi connectivity index (χ4n) is 2.62. The number of halogens is 2. The third-order valence-corrected chi connectivity index (χ3v) is 3.98. The fraction of sp³-hybridized carbons (Fsp3) is 0.222. The molecule has 0 aromatic heterocycles. The molecule has 0 aliphatic rings. The Morgan fingerprint density at radius 3 is 1.46 bits per heavy atom. The molecule has 2 N–H and O–H groups in total. The third-order valence-electron chi connectivity index (χ3n) is 3.98. The number of benzene rings is 2. The Bertz CT molecular complexity index is 678. The van der Waals surface area contributed by atoms with E-state index in [9.17, 15) is 18.4 Å². The summed E-state index contributed by atoms with van der Waals surface area (Å²) in [4.78, 5) is 25.0. The second-order valence-corrected chi connectivity index (χ2v) is 5.53. The quantitative estimate of drug-likeness (QED) is 0.875. The molecule has 24 heavy (non-hydrogen) atoms. The predicted octanol–water partition coefficient (Wildman–Crippen LogP) is 3.10. The first-order chi connectivity index (χ1) is 11.3. The summed E-state index contributed by atoms with van der Waals surface area (Å²) in [5, 5.41) is 0. The Morgan fingerprint density at radius 2 is 1.17 bits per heavy atom. The van der Waals surface area contributed by atoms with Gasteiger partial charge < -0.3 is 10.6 Å². The average molecular weight is 332 g/mol.